The van der Waals surface area contributed by atoms with E-state index in [1.165, 1.54) is 19.3 Å². The number of piperidine rings is 1. The van der Waals surface area contributed by atoms with Gasteiger partial charge in [0, 0.05) is 12.5 Å². The molecule has 0 amide bonds. The van der Waals surface area contributed by atoms with Crippen molar-refractivity contribution in [2.24, 2.45) is 5.92 Å². The van der Waals surface area contributed by atoms with Gasteiger partial charge >= 0.3 is 0 Å². The maximum Gasteiger partial charge on any atom is 0.252 e. The highest BCUT2D eigenvalue weighted by atomic mass is 16.5. The van der Waals surface area contributed by atoms with Gasteiger partial charge in [-0.1, -0.05) is 12.1 Å². The highest BCUT2D eigenvalue weighted by molar-refractivity contribution is 5.03. The predicted octanol–water partition coefficient (Wildman–Crippen LogP) is 1.46. The Balaban J connectivity index is 1.51. The minimum absolute atomic E-state index is 0.264. The smallest absolute Gasteiger partial charge is 0.252 e. The third-order valence-corrected chi connectivity index (χ3v) is 3.60. The molecule has 0 spiro atoms. The largest absolute Gasteiger partial charge is 0.367 e. The molecule has 5 nitrogen and oxygen atoms in total. The topological polar surface area (TPSA) is 60.2 Å². The van der Waals surface area contributed by atoms with Crippen molar-refractivity contribution in [2.45, 2.75) is 44.8 Å². The van der Waals surface area contributed by atoms with Crippen LogP contribution in [0, 0.1) is 5.92 Å². The molecule has 2 fully saturated rings. The van der Waals surface area contributed by atoms with Crippen LogP contribution < -0.4 is 5.32 Å². The van der Waals surface area contributed by atoms with Crippen LogP contribution in [0.15, 0.2) is 4.52 Å². The fourth-order valence-electron chi connectivity index (χ4n) is 2.20. The zero-order chi connectivity index (χ0) is 11.7. The van der Waals surface area contributed by atoms with E-state index in [1.54, 1.807) is 0 Å². The molecule has 2 unspecified atom stereocenters. The summed E-state index contributed by atoms with van der Waals surface area (Å²) in [4.78, 5) is 4.36. The molecule has 2 atom stereocenters. The Morgan fingerprint density at radius 3 is 3.06 bits per heavy atom. The quantitative estimate of drug-likeness (QED) is 0.859. The normalized spacial score (nSPS) is 29.5. The average molecular weight is 237 g/mol. The van der Waals surface area contributed by atoms with E-state index in [0.29, 0.717) is 24.3 Å². The molecular formula is C12H19N3O2. The first-order chi connectivity index (χ1) is 8.33. The van der Waals surface area contributed by atoms with Gasteiger partial charge in [-0.05, 0) is 31.7 Å². The maximum absolute atomic E-state index is 5.84. The van der Waals surface area contributed by atoms with E-state index >= 15 is 0 Å². The van der Waals surface area contributed by atoms with Crippen LogP contribution in [-0.2, 0) is 11.3 Å². The van der Waals surface area contributed by atoms with Crippen LogP contribution in [0.3, 0.4) is 0 Å². The van der Waals surface area contributed by atoms with Crippen LogP contribution in [0.2, 0.25) is 0 Å². The standard InChI is InChI=1S/C12H19N3O2/c1-8-4-5-13-6-10(8)16-7-11-14-12(15-17-11)9-2-3-9/h8-10,13H,2-7H2,1H3. The maximum atomic E-state index is 5.84. The molecule has 1 aromatic heterocycles. The molecule has 0 radical (unpaired) electrons. The number of rotatable bonds is 4. The van der Waals surface area contributed by atoms with Crippen LogP contribution in [0.25, 0.3) is 0 Å². The monoisotopic (exact) mass is 237 g/mol. The molecule has 1 aliphatic carbocycles. The highest BCUT2D eigenvalue weighted by Crippen LogP contribution is 2.38. The molecule has 0 aromatic carbocycles. The summed E-state index contributed by atoms with van der Waals surface area (Å²) in [5.74, 6) is 2.62. The summed E-state index contributed by atoms with van der Waals surface area (Å²) >= 11 is 0. The summed E-state index contributed by atoms with van der Waals surface area (Å²) in [5, 5.41) is 7.32. The van der Waals surface area contributed by atoms with E-state index in [-0.39, 0.29) is 6.10 Å². The molecule has 0 bridgehead atoms. The molecular weight excluding hydrogens is 218 g/mol. The van der Waals surface area contributed by atoms with E-state index in [4.69, 9.17) is 9.26 Å². The van der Waals surface area contributed by atoms with Crippen LogP contribution >= 0.6 is 0 Å². The van der Waals surface area contributed by atoms with Gasteiger partial charge in [0.15, 0.2) is 5.82 Å². The molecule has 1 N–H and O–H groups in total. The van der Waals surface area contributed by atoms with Crippen molar-refractivity contribution in [3.8, 4) is 0 Å². The fraction of sp³-hybridized carbons (Fsp3) is 0.833. The fourth-order valence-corrected chi connectivity index (χ4v) is 2.20. The molecule has 1 saturated heterocycles. The van der Waals surface area contributed by atoms with Crippen molar-refractivity contribution in [3.63, 3.8) is 0 Å². The van der Waals surface area contributed by atoms with Gasteiger partial charge in [0.2, 0.25) is 0 Å². The number of nitrogens with zero attached hydrogens (tertiary/aromatic N) is 2. The number of nitrogens with one attached hydrogen (secondary N) is 1. The van der Waals surface area contributed by atoms with Crippen LogP contribution in [0.4, 0.5) is 0 Å². The summed E-state index contributed by atoms with van der Waals surface area (Å²) in [7, 11) is 0. The van der Waals surface area contributed by atoms with E-state index in [2.05, 4.69) is 22.4 Å². The van der Waals surface area contributed by atoms with E-state index < -0.39 is 0 Å². The lowest BCUT2D eigenvalue weighted by molar-refractivity contribution is -0.0169. The summed E-state index contributed by atoms with van der Waals surface area (Å²) < 4.78 is 11.0. The number of hydrogen-bond donors (Lipinski definition) is 1. The van der Waals surface area contributed by atoms with Gasteiger partial charge in [-0.25, -0.2) is 0 Å². The third kappa shape index (κ3) is 2.66. The van der Waals surface area contributed by atoms with E-state index in [9.17, 15) is 0 Å². The van der Waals surface area contributed by atoms with Crippen LogP contribution in [-0.4, -0.2) is 29.3 Å². The van der Waals surface area contributed by atoms with Crippen LogP contribution in [0.5, 0.6) is 0 Å². The first-order valence-corrected chi connectivity index (χ1v) is 6.47. The van der Waals surface area contributed by atoms with Crippen molar-refractivity contribution < 1.29 is 9.26 Å². The molecule has 2 aliphatic rings. The van der Waals surface area contributed by atoms with Gasteiger partial charge < -0.3 is 14.6 Å². The van der Waals surface area contributed by atoms with Gasteiger partial charge in [-0.15, -0.1) is 0 Å². The predicted molar refractivity (Wildman–Crippen MR) is 61.5 cm³/mol. The van der Waals surface area contributed by atoms with Crippen molar-refractivity contribution in [2.75, 3.05) is 13.1 Å². The zero-order valence-electron chi connectivity index (χ0n) is 10.2. The second-order valence-corrected chi connectivity index (χ2v) is 5.14. The Labute approximate surface area is 101 Å². The van der Waals surface area contributed by atoms with Crippen molar-refractivity contribution in [3.05, 3.63) is 11.7 Å². The van der Waals surface area contributed by atoms with Gasteiger partial charge in [0.05, 0.1) is 6.10 Å². The highest BCUT2D eigenvalue weighted by Gasteiger charge is 2.29. The van der Waals surface area contributed by atoms with Gasteiger partial charge in [-0.3, -0.25) is 0 Å². The SMILES string of the molecule is CC1CCNCC1OCc1nc(C2CC2)no1. The summed E-state index contributed by atoms with van der Waals surface area (Å²) in [6, 6.07) is 0. The van der Waals surface area contributed by atoms with Crippen molar-refractivity contribution in [1.82, 2.24) is 15.5 Å². The molecule has 1 saturated carbocycles. The van der Waals surface area contributed by atoms with Crippen molar-refractivity contribution in [1.29, 1.82) is 0 Å². The average Bonchev–Trinajstić information content (AvgIpc) is 3.08. The molecule has 2 heterocycles. The molecule has 3 rings (SSSR count). The first kappa shape index (κ1) is 11.2. The Morgan fingerprint density at radius 2 is 2.29 bits per heavy atom. The second-order valence-electron chi connectivity index (χ2n) is 5.14. The third-order valence-electron chi connectivity index (χ3n) is 3.60. The lowest BCUT2D eigenvalue weighted by Gasteiger charge is -2.28. The molecule has 17 heavy (non-hydrogen) atoms. The Hall–Kier alpha value is -0.940. The minimum Gasteiger partial charge on any atom is -0.367 e. The Morgan fingerprint density at radius 1 is 1.41 bits per heavy atom. The number of ether oxygens (including phenoxy) is 1. The van der Waals surface area contributed by atoms with Crippen LogP contribution in [0.1, 0.15) is 43.8 Å². The van der Waals surface area contributed by atoms with Crippen molar-refractivity contribution >= 4 is 0 Å². The zero-order valence-corrected chi connectivity index (χ0v) is 10.2. The molecule has 1 aliphatic heterocycles. The Bertz CT molecular complexity index is 376. The number of aromatic nitrogens is 2. The first-order valence-electron chi connectivity index (χ1n) is 6.47. The summed E-state index contributed by atoms with van der Waals surface area (Å²) in [6.45, 7) is 4.68. The molecule has 5 heteroatoms. The summed E-state index contributed by atoms with van der Waals surface area (Å²) in [5.41, 5.74) is 0. The second kappa shape index (κ2) is 4.74. The lowest BCUT2D eigenvalue weighted by Crippen LogP contribution is -2.40. The summed E-state index contributed by atoms with van der Waals surface area (Å²) in [6.07, 6.45) is 3.83. The van der Waals surface area contributed by atoms with Gasteiger partial charge in [0.1, 0.15) is 6.61 Å². The minimum atomic E-state index is 0.264. The lowest BCUT2D eigenvalue weighted by atomic mass is 9.97. The van der Waals surface area contributed by atoms with E-state index in [0.717, 1.165) is 18.9 Å². The number of hydrogen-bond acceptors (Lipinski definition) is 5. The molecule has 1 aromatic rings. The van der Waals surface area contributed by atoms with Gasteiger partial charge in [0.25, 0.3) is 5.89 Å². The Kier molecular flexibility index (Phi) is 3.11. The van der Waals surface area contributed by atoms with Gasteiger partial charge in [-0.2, -0.15) is 4.98 Å². The van der Waals surface area contributed by atoms with E-state index in [1.807, 2.05) is 0 Å². The molecule has 94 valence electrons.